The van der Waals surface area contributed by atoms with Crippen LogP contribution in [-0.4, -0.2) is 50.2 Å². The van der Waals surface area contributed by atoms with Crippen molar-refractivity contribution < 1.29 is 9.53 Å². The Morgan fingerprint density at radius 1 is 1.64 bits per heavy atom. The molecule has 82 valence electrons. The van der Waals surface area contributed by atoms with E-state index in [9.17, 15) is 4.79 Å². The van der Waals surface area contributed by atoms with E-state index in [0.717, 1.165) is 13.1 Å². The van der Waals surface area contributed by atoms with Crippen molar-refractivity contribution in [2.75, 3.05) is 33.4 Å². The van der Waals surface area contributed by atoms with Crippen LogP contribution in [0.2, 0.25) is 0 Å². The number of carbonyl (C=O) groups excluding carboxylic acids is 1. The van der Waals surface area contributed by atoms with E-state index in [-0.39, 0.29) is 12.5 Å². The Morgan fingerprint density at radius 2 is 2.43 bits per heavy atom. The summed E-state index contributed by atoms with van der Waals surface area (Å²) in [7, 11) is 1.83. The number of ether oxygens (including phenoxy) is 1. The molecular weight excluding hydrogens is 180 g/mol. The molecule has 1 saturated heterocycles. The second-order valence-corrected chi connectivity index (χ2v) is 3.70. The summed E-state index contributed by atoms with van der Waals surface area (Å²) in [5, 5.41) is 3.36. The van der Waals surface area contributed by atoms with E-state index in [2.05, 4.69) is 5.32 Å². The van der Waals surface area contributed by atoms with E-state index in [1.807, 2.05) is 14.0 Å². The number of carbonyl (C=O) groups is 1. The minimum atomic E-state index is 0.0700. The van der Waals surface area contributed by atoms with Crippen molar-refractivity contribution in [3.05, 3.63) is 0 Å². The van der Waals surface area contributed by atoms with E-state index in [4.69, 9.17) is 4.74 Å². The number of rotatable bonds is 5. The van der Waals surface area contributed by atoms with Gasteiger partial charge in [-0.2, -0.15) is 0 Å². The maximum absolute atomic E-state index is 11.5. The third kappa shape index (κ3) is 3.64. The standard InChI is InChI=1S/C10H20N2O2/c1-3-14-8-10(13)12(2)7-9-5-4-6-11-9/h9,11H,3-8H2,1-2H3. The Balaban J connectivity index is 2.18. The van der Waals surface area contributed by atoms with Crippen molar-refractivity contribution in [3.8, 4) is 0 Å². The Bertz CT molecular complexity index is 179. The maximum Gasteiger partial charge on any atom is 0.248 e. The number of amides is 1. The van der Waals surface area contributed by atoms with Gasteiger partial charge in [0.15, 0.2) is 0 Å². The molecule has 0 aromatic rings. The predicted molar refractivity (Wildman–Crippen MR) is 55.2 cm³/mol. The smallest absolute Gasteiger partial charge is 0.248 e. The van der Waals surface area contributed by atoms with Crippen LogP contribution in [0.5, 0.6) is 0 Å². The molecule has 14 heavy (non-hydrogen) atoms. The van der Waals surface area contributed by atoms with Crippen LogP contribution >= 0.6 is 0 Å². The van der Waals surface area contributed by atoms with Crippen molar-refractivity contribution in [3.63, 3.8) is 0 Å². The second-order valence-electron chi connectivity index (χ2n) is 3.70. The molecule has 1 heterocycles. The van der Waals surface area contributed by atoms with E-state index in [1.165, 1.54) is 12.8 Å². The molecule has 0 radical (unpaired) electrons. The number of hydrogen-bond donors (Lipinski definition) is 1. The molecule has 0 bridgehead atoms. The van der Waals surface area contributed by atoms with E-state index < -0.39 is 0 Å². The van der Waals surface area contributed by atoms with Crippen LogP contribution in [0.15, 0.2) is 0 Å². The zero-order chi connectivity index (χ0) is 10.4. The van der Waals surface area contributed by atoms with Crippen molar-refractivity contribution in [1.82, 2.24) is 10.2 Å². The van der Waals surface area contributed by atoms with Gasteiger partial charge in [-0.3, -0.25) is 4.79 Å². The molecule has 0 aromatic carbocycles. The van der Waals surface area contributed by atoms with Gasteiger partial charge < -0.3 is 15.0 Å². The zero-order valence-electron chi connectivity index (χ0n) is 9.08. The van der Waals surface area contributed by atoms with Gasteiger partial charge in [0.2, 0.25) is 5.91 Å². The molecule has 0 spiro atoms. The third-order valence-electron chi connectivity index (χ3n) is 2.51. The van der Waals surface area contributed by atoms with Crippen molar-refractivity contribution in [2.24, 2.45) is 0 Å². The summed E-state index contributed by atoms with van der Waals surface area (Å²) in [5.74, 6) is 0.0700. The minimum Gasteiger partial charge on any atom is -0.372 e. The van der Waals surface area contributed by atoms with E-state index >= 15 is 0 Å². The summed E-state index contributed by atoms with van der Waals surface area (Å²) in [6.07, 6.45) is 2.39. The Kier molecular flexibility index (Phi) is 4.90. The number of hydrogen-bond acceptors (Lipinski definition) is 3. The summed E-state index contributed by atoms with van der Waals surface area (Å²) >= 11 is 0. The van der Waals surface area contributed by atoms with Gasteiger partial charge in [0, 0.05) is 26.2 Å². The van der Waals surface area contributed by atoms with Gasteiger partial charge in [0.05, 0.1) is 0 Å². The molecule has 4 heteroatoms. The molecule has 1 aliphatic heterocycles. The first-order valence-electron chi connectivity index (χ1n) is 5.29. The number of nitrogens with zero attached hydrogens (tertiary/aromatic N) is 1. The molecule has 1 atom stereocenters. The van der Waals surface area contributed by atoms with Gasteiger partial charge >= 0.3 is 0 Å². The highest BCUT2D eigenvalue weighted by Gasteiger charge is 2.18. The van der Waals surface area contributed by atoms with Gasteiger partial charge in [-0.15, -0.1) is 0 Å². The lowest BCUT2D eigenvalue weighted by Crippen LogP contribution is -2.40. The third-order valence-corrected chi connectivity index (χ3v) is 2.51. The van der Waals surface area contributed by atoms with Gasteiger partial charge in [-0.05, 0) is 26.3 Å². The molecule has 1 fully saturated rings. The van der Waals surface area contributed by atoms with Crippen molar-refractivity contribution in [1.29, 1.82) is 0 Å². The average molecular weight is 200 g/mol. The highest BCUT2D eigenvalue weighted by atomic mass is 16.5. The lowest BCUT2D eigenvalue weighted by atomic mass is 10.2. The molecule has 1 aliphatic rings. The highest BCUT2D eigenvalue weighted by molar-refractivity contribution is 5.77. The zero-order valence-corrected chi connectivity index (χ0v) is 9.08. The minimum absolute atomic E-state index is 0.0700. The SMILES string of the molecule is CCOCC(=O)N(C)CC1CCCN1. The van der Waals surface area contributed by atoms with Crippen molar-refractivity contribution in [2.45, 2.75) is 25.8 Å². The van der Waals surface area contributed by atoms with E-state index in [0.29, 0.717) is 12.6 Å². The topological polar surface area (TPSA) is 41.6 Å². The first kappa shape index (κ1) is 11.5. The molecular formula is C10H20N2O2. The molecule has 0 aromatic heterocycles. The second kappa shape index (κ2) is 5.98. The molecule has 4 nitrogen and oxygen atoms in total. The molecule has 1 amide bonds. The first-order chi connectivity index (χ1) is 6.74. The Labute approximate surface area is 85.6 Å². The largest absolute Gasteiger partial charge is 0.372 e. The predicted octanol–water partition coefficient (Wildman–Crippen LogP) is 0.233. The van der Waals surface area contributed by atoms with Gasteiger partial charge in [0.1, 0.15) is 6.61 Å². The van der Waals surface area contributed by atoms with Crippen LogP contribution in [0.1, 0.15) is 19.8 Å². The average Bonchev–Trinajstić information content (AvgIpc) is 2.66. The fourth-order valence-corrected chi connectivity index (χ4v) is 1.64. The van der Waals surface area contributed by atoms with Crippen LogP contribution < -0.4 is 5.32 Å². The molecule has 0 aliphatic carbocycles. The Morgan fingerprint density at radius 3 is 3.00 bits per heavy atom. The van der Waals surface area contributed by atoms with Crippen molar-refractivity contribution >= 4 is 5.91 Å². The monoisotopic (exact) mass is 200 g/mol. The lowest BCUT2D eigenvalue weighted by Gasteiger charge is -2.21. The van der Waals surface area contributed by atoms with Crippen LogP contribution in [0.3, 0.4) is 0 Å². The number of nitrogens with one attached hydrogen (secondary N) is 1. The quantitative estimate of drug-likeness (QED) is 0.691. The maximum atomic E-state index is 11.5. The summed E-state index contributed by atoms with van der Waals surface area (Å²) < 4.78 is 5.07. The fourth-order valence-electron chi connectivity index (χ4n) is 1.64. The summed E-state index contributed by atoms with van der Waals surface area (Å²) in [6, 6.07) is 0.477. The molecule has 1 N–H and O–H groups in total. The van der Waals surface area contributed by atoms with Gasteiger partial charge in [0.25, 0.3) is 0 Å². The van der Waals surface area contributed by atoms with E-state index in [1.54, 1.807) is 4.90 Å². The van der Waals surface area contributed by atoms with Crippen LogP contribution in [-0.2, 0) is 9.53 Å². The molecule has 0 saturated carbocycles. The lowest BCUT2D eigenvalue weighted by molar-refractivity contribution is -0.134. The van der Waals surface area contributed by atoms with Crippen LogP contribution in [0.4, 0.5) is 0 Å². The normalized spacial score (nSPS) is 21.1. The number of likely N-dealkylation sites (N-methyl/N-ethyl adjacent to an activating group) is 1. The summed E-state index contributed by atoms with van der Waals surface area (Å²) in [5.41, 5.74) is 0. The summed E-state index contributed by atoms with van der Waals surface area (Å²) in [6.45, 7) is 4.58. The highest BCUT2D eigenvalue weighted by Crippen LogP contribution is 2.05. The van der Waals surface area contributed by atoms with Gasteiger partial charge in [-0.1, -0.05) is 0 Å². The Hall–Kier alpha value is -0.610. The summed E-state index contributed by atoms with van der Waals surface area (Å²) in [4.78, 5) is 13.2. The van der Waals surface area contributed by atoms with Crippen LogP contribution in [0, 0.1) is 0 Å². The molecule has 1 rings (SSSR count). The molecule has 1 unspecified atom stereocenters. The van der Waals surface area contributed by atoms with Gasteiger partial charge in [-0.25, -0.2) is 0 Å². The van der Waals surface area contributed by atoms with Crippen LogP contribution in [0.25, 0.3) is 0 Å². The first-order valence-corrected chi connectivity index (χ1v) is 5.29. The fraction of sp³-hybridized carbons (Fsp3) is 0.900.